The van der Waals surface area contributed by atoms with E-state index in [1.165, 1.54) is 0 Å². The summed E-state index contributed by atoms with van der Waals surface area (Å²) in [5, 5.41) is 12.2. The molecule has 1 N–H and O–H groups in total. The van der Waals surface area contributed by atoms with Crippen LogP contribution in [0.3, 0.4) is 0 Å². The van der Waals surface area contributed by atoms with Gasteiger partial charge in [-0.15, -0.1) is 17.5 Å². The highest BCUT2D eigenvalue weighted by molar-refractivity contribution is 6.30. The smallest absolute Gasteiger partial charge is 0.276 e. The maximum Gasteiger partial charge on any atom is 0.276 e. The van der Waals surface area contributed by atoms with Gasteiger partial charge in [0.1, 0.15) is 0 Å². The summed E-state index contributed by atoms with van der Waals surface area (Å²) in [6.45, 7) is 3.76. The molecular formula is C16H21Cl2N5O. The monoisotopic (exact) mass is 369 g/mol. The normalized spacial score (nSPS) is 16.7. The van der Waals surface area contributed by atoms with E-state index in [9.17, 15) is 4.79 Å². The van der Waals surface area contributed by atoms with Crippen LogP contribution in [0.25, 0.3) is 5.69 Å². The largest absolute Gasteiger partial charge is 0.336 e. The lowest BCUT2D eigenvalue weighted by Gasteiger charge is -2.23. The Bertz CT molecular complexity index is 712. The molecule has 6 nitrogen and oxygen atoms in total. The molecule has 0 bridgehead atoms. The Morgan fingerprint density at radius 1 is 1.50 bits per heavy atom. The molecule has 2 aromatic rings. The summed E-state index contributed by atoms with van der Waals surface area (Å²) in [5.41, 5.74) is 2.03. The molecule has 1 saturated heterocycles. The third-order valence-electron chi connectivity index (χ3n) is 4.26. The number of likely N-dealkylation sites (N-methyl/N-ethyl adjacent to an activating group) is 1. The molecule has 8 heteroatoms. The van der Waals surface area contributed by atoms with Crippen LogP contribution >= 0.6 is 24.0 Å². The molecule has 130 valence electrons. The van der Waals surface area contributed by atoms with Crippen LogP contribution in [0.4, 0.5) is 0 Å². The number of halogens is 2. The van der Waals surface area contributed by atoms with Crippen LogP contribution in [-0.4, -0.2) is 52.0 Å². The molecule has 1 aliphatic rings. The van der Waals surface area contributed by atoms with Crippen LogP contribution in [0.15, 0.2) is 24.3 Å². The minimum Gasteiger partial charge on any atom is -0.336 e. The van der Waals surface area contributed by atoms with Gasteiger partial charge in [-0.2, -0.15) is 0 Å². The van der Waals surface area contributed by atoms with Gasteiger partial charge >= 0.3 is 0 Å². The van der Waals surface area contributed by atoms with E-state index in [0.717, 1.165) is 30.9 Å². The molecule has 3 rings (SSSR count). The van der Waals surface area contributed by atoms with Crippen LogP contribution in [0.5, 0.6) is 0 Å². The van der Waals surface area contributed by atoms with E-state index >= 15 is 0 Å². The Morgan fingerprint density at radius 2 is 2.29 bits per heavy atom. The van der Waals surface area contributed by atoms with Gasteiger partial charge in [0.05, 0.1) is 11.4 Å². The molecule has 1 amide bonds. The number of benzene rings is 1. The van der Waals surface area contributed by atoms with Crippen molar-refractivity contribution in [2.45, 2.75) is 25.8 Å². The molecule has 1 unspecified atom stereocenters. The molecule has 1 aromatic heterocycles. The van der Waals surface area contributed by atoms with Crippen LogP contribution in [0, 0.1) is 0 Å². The van der Waals surface area contributed by atoms with E-state index in [-0.39, 0.29) is 24.4 Å². The average molecular weight is 370 g/mol. The summed E-state index contributed by atoms with van der Waals surface area (Å²) in [4.78, 5) is 14.5. The molecular weight excluding hydrogens is 349 g/mol. The summed E-state index contributed by atoms with van der Waals surface area (Å²) in [7, 11) is 1.83. The molecule has 0 saturated carbocycles. The van der Waals surface area contributed by atoms with Crippen molar-refractivity contribution >= 4 is 29.9 Å². The van der Waals surface area contributed by atoms with Gasteiger partial charge in [0.15, 0.2) is 5.69 Å². The minimum absolute atomic E-state index is 0. The number of aromatic nitrogens is 3. The summed E-state index contributed by atoms with van der Waals surface area (Å²) in [5.74, 6) is -0.0798. The highest BCUT2D eigenvalue weighted by Crippen LogP contribution is 2.19. The van der Waals surface area contributed by atoms with Crippen molar-refractivity contribution in [2.75, 3.05) is 20.1 Å². The van der Waals surface area contributed by atoms with Gasteiger partial charge in [-0.05, 0) is 37.6 Å². The zero-order chi connectivity index (χ0) is 16.4. The van der Waals surface area contributed by atoms with E-state index in [1.807, 2.05) is 32.2 Å². The lowest BCUT2D eigenvalue weighted by atomic mass is 10.2. The number of nitrogens with zero attached hydrogens (tertiary/aromatic N) is 4. The van der Waals surface area contributed by atoms with Gasteiger partial charge in [-0.3, -0.25) is 4.79 Å². The number of carbonyl (C=O) groups is 1. The predicted octanol–water partition coefficient (Wildman–Crippen LogP) is 2.34. The maximum atomic E-state index is 12.8. The van der Waals surface area contributed by atoms with Gasteiger partial charge in [-0.25, -0.2) is 4.68 Å². The molecule has 0 spiro atoms. The first-order chi connectivity index (χ1) is 11.1. The number of carbonyl (C=O) groups excluding carboxylic acids is 1. The second-order valence-electron chi connectivity index (χ2n) is 5.69. The predicted molar refractivity (Wildman–Crippen MR) is 96.4 cm³/mol. The van der Waals surface area contributed by atoms with Crippen molar-refractivity contribution in [3.63, 3.8) is 0 Å². The molecule has 0 aliphatic carbocycles. The zero-order valence-corrected chi connectivity index (χ0v) is 15.3. The lowest BCUT2D eigenvalue weighted by Crippen LogP contribution is -2.39. The fourth-order valence-electron chi connectivity index (χ4n) is 2.90. The fraction of sp³-hybridized carbons (Fsp3) is 0.438. The number of rotatable bonds is 4. The van der Waals surface area contributed by atoms with Crippen molar-refractivity contribution in [1.82, 2.24) is 25.2 Å². The SMILES string of the molecule is CCc1c(C(=O)N(C)C2CCNC2)nnn1-c1cccc(Cl)c1.Cl. The van der Waals surface area contributed by atoms with Crippen LogP contribution in [0.1, 0.15) is 29.5 Å². The van der Waals surface area contributed by atoms with Gasteiger partial charge in [0.25, 0.3) is 5.91 Å². The summed E-state index contributed by atoms with van der Waals surface area (Å²) in [6.07, 6.45) is 1.63. The van der Waals surface area contributed by atoms with Gasteiger partial charge in [0.2, 0.25) is 0 Å². The molecule has 1 atom stereocenters. The highest BCUT2D eigenvalue weighted by Gasteiger charge is 2.28. The Kier molecular flexibility index (Phi) is 6.21. The first kappa shape index (κ1) is 18.7. The van der Waals surface area contributed by atoms with Crippen LogP contribution in [-0.2, 0) is 6.42 Å². The Morgan fingerprint density at radius 3 is 2.92 bits per heavy atom. The van der Waals surface area contributed by atoms with Crippen molar-refractivity contribution in [3.05, 3.63) is 40.7 Å². The fourth-order valence-corrected chi connectivity index (χ4v) is 3.09. The van der Waals surface area contributed by atoms with E-state index in [4.69, 9.17) is 11.6 Å². The maximum absolute atomic E-state index is 12.8. The minimum atomic E-state index is -0.0798. The van der Waals surface area contributed by atoms with Crippen LogP contribution < -0.4 is 5.32 Å². The van der Waals surface area contributed by atoms with Gasteiger partial charge in [-0.1, -0.05) is 29.8 Å². The quantitative estimate of drug-likeness (QED) is 0.898. The number of nitrogens with one attached hydrogen (secondary N) is 1. The van der Waals surface area contributed by atoms with Crippen molar-refractivity contribution in [2.24, 2.45) is 0 Å². The van der Waals surface area contributed by atoms with Crippen molar-refractivity contribution in [3.8, 4) is 5.69 Å². The Hall–Kier alpha value is -1.63. The molecule has 2 heterocycles. The highest BCUT2D eigenvalue weighted by atomic mass is 35.5. The Balaban J connectivity index is 0.00000208. The number of hydrogen-bond acceptors (Lipinski definition) is 4. The van der Waals surface area contributed by atoms with E-state index in [0.29, 0.717) is 17.1 Å². The zero-order valence-electron chi connectivity index (χ0n) is 13.7. The lowest BCUT2D eigenvalue weighted by molar-refractivity contribution is 0.0736. The molecule has 1 fully saturated rings. The summed E-state index contributed by atoms with van der Waals surface area (Å²) in [6, 6.07) is 7.59. The van der Waals surface area contributed by atoms with Gasteiger partial charge < -0.3 is 10.2 Å². The standard InChI is InChI=1S/C16H20ClN5O.ClH/c1-3-14-15(16(23)21(2)13-7-8-18-10-13)19-20-22(14)12-6-4-5-11(17)9-12;/h4-6,9,13,18H,3,7-8,10H2,1-2H3;1H. The van der Waals surface area contributed by atoms with E-state index in [1.54, 1.807) is 15.6 Å². The average Bonchev–Trinajstić information content (AvgIpc) is 3.22. The third-order valence-corrected chi connectivity index (χ3v) is 4.49. The molecule has 1 aliphatic heterocycles. The summed E-state index contributed by atoms with van der Waals surface area (Å²) >= 11 is 6.05. The van der Waals surface area contributed by atoms with E-state index in [2.05, 4.69) is 15.6 Å². The van der Waals surface area contributed by atoms with Crippen LogP contribution in [0.2, 0.25) is 5.02 Å². The topological polar surface area (TPSA) is 63.1 Å². The third kappa shape index (κ3) is 3.55. The van der Waals surface area contributed by atoms with E-state index < -0.39 is 0 Å². The summed E-state index contributed by atoms with van der Waals surface area (Å²) < 4.78 is 1.69. The number of amides is 1. The molecule has 0 radical (unpaired) electrons. The van der Waals surface area contributed by atoms with Gasteiger partial charge in [0, 0.05) is 24.7 Å². The second kappa shape index (κ2) is 7.96. The first-order valence-electron chi connectivity index (χ1n) is 7.80. The first-order valence-corrected chi connectivity index (χ1v) is 8.18. The molecule has 1 aromatic carbocycles. The van der Waals surface area contributed by atoms with Crippen molar-refractivity contribution in [1.29, 1.82) is 0 Å². The molecule has 24 heavy (non-hydrogen) atoms. The van der Waals surface area contributed by atoms with Crippen molar-refractivity contribution < 1.29 is 4.79 Å². The second-order valence-corrected chi connectivity index (χ2v) is 6.13. The Labute approximate surface area is 152 Å². The number of hydrogen-bond donors (Lipinski definition) is 1.